The molecule has 0 aliphatic carbocycles. The number of nitrogens with zero attached hydrogens (tertiary/aromatic N) is 2. The van der Waals surface area contributed by atoms with Gasteiger partial charge in [-0.2, -0.15) is 0 Å². The van der Waals surface area contributed by atoms with Crippen LogP contribution in [0.1, 0.15) is 41.3 Å². The van der Waals surface area contributed by atoms with E-state index >= 15 is 0 Å². The van der Waals surface area contributed by atoms with Crippen LogP contribution in [0.4, 0.5) is 0 Å². The van der Waals surface area contributed by atoms with Crippen molar-refractivity contribution in [1.82, 2.24) is 20.5 Å². The van der Waals surface area contributed by atoms with E-state index in [1.807, 2.05) is 12.1 Å². The van der Waals surface area contributed by atoms with Crippen molar-refractivity contribution in [3.8, 4) is 5.88 Å². The average molecular weight is 473 g/mol. The molecule has 1 fully saturated rings. The van der Waals surface area contributed by atoms with Crippen LogP contribution in [0.2, 0.25) is 5.02 Å². The molecule has 3 heterocycles. The van der Waals surface area contributed by atoms with Crippen LogP contribution in [0.3, 0.4) is 0 Å². The van der Waals surface area contributed by atoms with Crippen molar-refractivity contribution in [1.29, 1.82) is 0 Å². The molecule has 3 N–H and O–H groups in total. The van der Waals surface area contributed by atoms with Crippen LogP contribution in [0.25, 0.3) is 0 Å². The van der Waals surface area contributed by atoms with E-state index in [9.17, 15) is 14.7 Å². The van der Waals surface area contributed by atoms with E-state index < -0.39 is 12.0 Å². The Hall–Kier alpha value is -2.68. The lowest BCUT2D eigenvalue weighted by atomic mass is 9.93. The van der Waals surface area contributed by atoms with Crippen LogP contribution in [-0.2, 0) is 17.8 Å². The molecule has 33 heavy (non-hydrogen) atoms. The Labute approximate surface area is 198 Å². The van der Waals surface area contributed by atoms with Crippen molar-refractivity contribution >= 4 is 23.4 Å². The number of carbonyl (C=O) groups is 2. The molecule has 1 saturated heterocycles. The molecule has 2 amide bonds. The summed E-state index contributed by atoms with van der Waals surface area (Å²) in [7, 11) is 0. The van der Waals surface area contributed by atoms with Gasteiger partial charge in [0.2, 0.25) is 11.8 Å². The molecule has 2 aliphatic heterocycles. The SMILES string of the molecule is CC(=O)N1CCC(Oc2nccc(C(=O)NCC(O)C3Cc4ccccc4CN3)c2Cl)CC1. The van der Waals surface area contributed by atoms with Gasteiger partial charge in [0.05, 0.1) is 11.7 Å². The van der Waals surface area contributed by atoms with Gasteiger partial charge in [-0.1, -0.05) is 35.9 Å². The minimum atomic E-state index is -0.745. The molecule has 2 aromatic rings. The Morgan fingerprint density at radius 1 is 1.27 bits per heavy atom. The molecule has 0 radical (unpaired) electrons. The number of amides is 2. The summed E-state index contributed by atoms with van der Waals surface area (Å²) in [4.78, 5) is 30.2. The largest absolute Gasteiger partial charge is 0.473 e. The number of benzene rings is 1. The number of halogens is 1. The molecule has 176 valence electrons. The predicted molar refractivity (Wildman–Crippen MR) is 124 cm³/mol. The molecule has 0 bridgehead atoms. The number of carbonyl (C=O) groups excluding carboxylic acids is 2. The molecule has 0 spiro atoms. The zero-order chi connectivity index (χ0) is 23.4. The monoisotopic (exact) mass is 472 g/mol. The van der Waals surface area contributed by atoms with Crippen LogP contribution in [-0.4, -0.2) is 64.7 Å². The number of aliphatic hydroxyl groups excluding tert-OH is 1. The molecule has 2 atom stereocenters. The normalized spacial score (nSPS) is 19.5. The van der Waals surface area contributed by atoms with Gasteiger partial charge in [-0.15, -0.1) is 0 Å². The van der Waals surface area contributed by atoms with Gasteiger partial charge in [-0.05, 0) is 23.6 Å². The van der Waals surface area contributed by atoms with Crippen molar-refractivity contribution < 1.29 is 19.4 Å². The highest BCUT2D eigenvalue weighted by Gasteiger charge is 2.26. The van der Waals surface area contributed by atoms with Crippen molar-refractivity contribution in [3.05, 3.63) is 58.2 Å². The van der Waals surface area contributed by atoms with Gasteiger partial charge < -0.3 is 25.4 Å². The van der Waals surface area contributed by atoms with Crippen LogP contribution < -0.4 is 15.4 Å². The summed E-state index contributed by atoms with van der Waals surface area (Å²) in [6, 6.07) is 9.52. The predicted octanol–water partition coefficient (Wildman–Crippen LogP) is 1.93. The molecule has 1 aromatic heterocycles. The Morgan fingerprint density at radius 3 is 2.73 bits per heavy atom. The van der Waals surface area contributed by atoms with Gasteiger partial charge in [0.25, 0.3) is 5.91 Å². The summed E-state index contributed by atoms with van der Waals surface area (Å²) in [6.07, 6.45) is 2.67. The topological polar surface area (TPSA) is 104 Å². The highest BCUT2D eigenvalue weighted by molar-refractivity contribution is 6.35. The first-order chi connectivity index (χ1) is 15.9. The van der Waals surface area contributed by atoms with Gasteiger partial charge >= 0.3 is 0 Å². The van der Waals surface area contributed by atoms with Crippen molar-refractivity contribution in [2.24, 2.45) is 0 Å². The van der Waals surface area contributed by atoms with Crippen LogP contribution in [0, 0.1) is 0 Å². The number of likely N-dealkylation sites (tertiary alicyclic amines) is 1. The maximum absolute atomic E-state index is 12.8. The number of ether oxygens (including phenoxy) is 1. The maximum atomic E-state index is 12.8. The first-order valence-corrected chi connectivity index (χ1v) is 11.6. The minimum absolute atomic E-state index is 0.0538. The third kappa shape index (κ3) is 5.63. The lowest BCUT2D eigenvalue weighted by Gasteiger charge is -2.31. The molecule has 8 nitrogen and oxygen atoms in total. The quantitative estimate of drug-likeness (QED) is 0.593. The standard InChI is InChI=1S/C24H29ClN4O4/c1-15(30)29-10-7-18(8-11-29)33-24-22(25)19(6-9-26-24)23(32)28-14-21(31)20-12-16-4-2-3-5-17(16)13-27-20/h2-6,9,18,20-21,27,31H,7-8,10-14H2,1H3,(H,28,32). The summed E-state index contributed by atoms with van der Waals surface area (Å²) < 4.78 is 5.94. The number of hydrogen-bond donors (Lipinski definition) is 3. The van der Waals surface area contributed by atoms with E-state index in [4.69, 9.17) is 16.3 Å². The van der Waals surface area contributed by atoms with E-state index in [-0.39, 0.29) is 41.1 Å². The Morgan fingerprint density at radius 2 is 2.00 bits per heavy atom. The van der Waals surface area contributed by atoms with Crippen molar-refractivity contribution in [3.63, 3.8) is 0 Å². The van der Waals surface area contributed by atoms with E-state index in [2.05, 4.69) is 27.8 Å². The second-order valence-electron chi connectivity index (χ2n) is 8.54. The molecule has 9 heteroatoms. The molecule has 2 aliphatic rings. The summed E-state index contributed by atoms with van der Waals surface area (Å²) in [6.45, 7) is 3.58. The third-order valence-electron chi connectivity index (χ3n) is 6.32. The number of piperidine rings is 1. The van der Waals surface area contributed by atoms with Crippen molar-refractivity contribution in [2.75, 3.05) is 19.6 Å². The number of pyridine rings is 1. The Bertz CT molecular complexity index is 1010. The first-order valence-electron chi connectivity index (χ1n) is 11.3. The summed E-state index contributed by atoms with van der Waals surface area (Å²) in [5, 5.41) is 16.9. The fourth-order valence-electron chi connectivity index (χ4n) is 4.31. The fourth-order valence-corrected chi connectivity index (χ4v) is 4.56. The Kier molecular flexibility index (Phi) is 7.47. The molecular weight excluding hydrogens is 444 g/mol. The molecular formula is C24H29ClN4O4. The van der Waals surface area contributed by atoms with Crippen LogP contribution >= 0.6 is 11.6 Å². The number of nitrogens with one attached hydrogen (secondary N) is 2. The zero-order valence-corrected chi connectivity index (χ0v) is 19.3. The molecule has 2 unspecified atom stereocenters. The smallest absolute Gasteiger partial charge is 0.253 e. The zero-order valence-electron chi connectivity index (χ0n) is 18.6. The second-order valence-corrected chi connectivity index (χ2v) is 8.92. The molecule has 0 saturated carbocycles. The highest BCUT2D eigenvalue weighted by Crippen LogP contribution is 2.28. The number of aliphatic hydroxyl groups is 1. The highest BCUT2D eigenvalue weighted by atomic mass is 35.5. The summed E-state index contributed by atoms with van der Waals surface area (Å²) in [5.41, 5.74) is 2.68. The Balaban J connectivity index is 1.32. The lowest BCUT2D eigenvalue weighted by Crippen LogP contribution is -2.49. The van der Waals surface area contributed by atoms with E-state index in [0.29, 0.717) is 38.9 Å². The van der Waals surface area contributed by atoms with E-state index in [1.54, 1.807) is 11.8 Å². The number of aromatic nitrogens is 1. The average Bonchev–Trinajstić information content (AvgIpc) is 2.83. The number of hydrogen-bond acceptors (Lipinski definition) is 6. The molecule has 1 aromatic carbocycles. The van der Waals surface area contributed by atoms with Gasteiger partial charge in [0.1, 0.15) is 11.1 Å². The first kappa shape index (κ1) is 23.5. The molecule has 4 rings (SSSR count). The number of fused-ring (bicyclic) bond motifs is 1. The fraction of sp³-hybridized carbons (Fsp3) is 0.458. The summed E-state index contributed by atoms with van der Waals surface area (Å²) >= 11 is 6.43. The van der Waals surface area contributed by atoms with Crippen molar-refractivity contribution in [2.45, 2.75) is 51.0 Å². The van der Waals surface area contributed by atoms with E-state index in [0.717, 1.165) is 0 Å². The summed E-state index contributed by atoms with van der Waals surface area (Å²) in [5.74, 6) is -0.135. The van der Waals surface area contributed by atoms with Gasteiger partial charge in [0.15, 0.2) is 0 Å². The lowest BCUT2D eigenvalue weighted by molar-refractivity contribution is -0.130. The van der Waals surface area contributed by atoms with Gasteiger partial charge in [0, 0.05) is 58.2 Å². The third-order valence-corrected chi connectivity index (χ3v) is 6.68. The van der Waals surface area contributed by atoms with Gasteiger partial charge in [-0.3, -0.25) is 9.59 Å². The van der Waals surface area contributed by atoms with Crippen LogP contribution in [0.5, 0.6) is 5.88 Å². The maximum Gasteiger partial charge on any atom is 0.253 e. The van der Waals surface area contributed by atoms with E-state index in [1.165, 1.54) is 23.4 Å². The minimum Gasteiger partial charge on any atom is -0.473 e. The van der Waals surface area contributed by atoms with Crippen LogP contribution in [0.15, 0.2) is 36.5 Å². The van der Waals surface area contributed by atoms with Gasteiger partial charge in [-0.25, -0.2) is 4.98 Å². The number of rotatable bonds is 6. The second kappa shape index (κ2) is 10.5.